The quantitative estimate of drug-likeness (QED) is 0.558. The predicted octanol–water partition coefficient (Wildman–Crippen LogP) is 1.38. The van der Waals surface area contributed by atoms with E-state index in [0.29, 0.717) is 11.8 Å². The molecular formula is C11H7FO3. The molecule has 76 valence electrons. The lowest BCUT2D eigenvalue weighted by Crippen LogP contribution is -1.94. The molecule has 0 aliphatic rings. The summed E-state index contributed by atoms with van der Waals surface area (Å²) in [6, 6.07) is 2.50. The summed E-state index contributed by atoms with van der Waals surface area (Å²) < 4.78 is 13.2. The van der Waals surface area contributed by atoms with Crippen molar-refractivity contribution in [2.75, 3.05) is 0 Å². The lowest BCUT2D eigenvalue weighted by Gasteiger charge is -2.00. The van der Waals surface area contributed by atoms with Crippen LogP contribution in [0.15, 0.2) is 12.1 Å². The van der Waals surface area contributed by atoms with Gasteiger partial charge in [0, 0.05) is 11.5 Å². The molecule has 0 aliphatic heterocycles. The fourth-order valence-corrected chi connectivity index (χ4v) is 1.10. The van der Waals surface area contributed by atoms with Gasteiger partial charge in [-0.1, -0.05) is 5.92 Å². The summed E-state index contributed by atoms with van der Waals surface area (Å²) in [5.74, 6) is 2.16. The Morgan fingerprint density at radius 1 is 1.53 bits per heavy atom. The van der Waals surface area contributed by atoms with Gasteiger partial charge in [-0.25, -0.2) is 9.18 Å². The minimum absolute atomic E-state index is 0.0316. The van der Waals surface area contributed by atoms with Crippen molar-refractivity contribution in [2.45, 2.75) is 6.92 Å². The van der Waals surface area contributed by atoms with Crippen LogP contribution in [0.3, 0.4) is 0 Å². The van der Waals surface area contributed by atoms with E-state index in [1.54, 1.807) is 6.92 Å². The van der Waals surface area contributed by atoms with E-state index in [9.17, 15) is 14.0 Å². The van der Waals surface area contributed by atoms with Crippen molar-refractivity contribution >= 4 is 12.3 Å². The van der Waals surface area contributed by atoms with Gasteiger partial charge >= 0.3 is 5.97 Å². The highest BCUT2D eigenvalue weighted by atomic mass is 19.1. The first-order valence-electron chi connectivity index (χ1n) is 4.05. The number of benzene rings is 1. The summed E-state index contributed by atoms with van der Waals surface area (Å²) in [5, 5.41) is 8.29. The first-order valence-corrected chi connectivity index (χ1v) is 4.05. The third-order valence-electron chi connectivity index (χ3n) is 1.77. The minimum atomic E-state index is -1.28. The van der Waals surface area contributed by atoms with Gasteiger partial charge in [-0.15, -0.1) is 0 Å². The molecule has 3 nitrogen and oxygen atoms in total. The standard InChI is InChI=1S/C11H7FO3/c1-7-4-8(2-3-11(14)15)5-10(12)9(7)6-13/h4-6H,1H3,(H,14,15). The van der Waals surface area contributed by atoms with Crippen molar-refractivity contribution in [1.29, 1.82) is 0 Å². The molecule has 1 rings (SSSR count). The van der Waals surface area contributed by atoms with Crippen molar-refractivity contribution in [1.82, 2.24) is 0 Å². The first kappa shape index (κ1) is 10.9. The minimum Gasteiger partial charge on any atom is -0.472 e. The zero-order valence-electron chi connectivity index (χ0n) is 7.87. The molecule has 1 aromatic carbocycles. The summed E-state index contributed by atoms with van der Waals surface area (Å²) in [4.78, 5) is 20.6. The average Bonchev–Trinajstić information content (AvgIpc) is 2.14. The van der Waals surface area contributed by atoms with Gasteiger partial charge in [0.2, 0.25) is 0 Å². The highest BCUT2D eigenvalue weighted by Crippen LogP contribution is 2.13. The summed E-state index contributed by atoms with van der Waals surface area (Å²) in [6.45, 7) is 1.55. The van der Waals surface area contributed by atoms with E-state index in [4.69, 9.17) is 5.11 Å². The van der Waals surface area contributed by atoms with Gasteiger partial charge in [0.1, 0.15) is 5.82 Å². The van der Waals surface area contributed by atoms with Crippen molar-refractivity contribution in [3.63, 3.8) is 0 Å². The van der Waals surface area contributed by atoms with E-state index in [1.165, 1.54) is 6.07 Å². The number of rotatable bonds is 1. The number of carboxylic acids is 1. The Morgan fingerprint density at radius 2 is 2.20 bits per heavy atom. The monoisotopic (exact) mass is 206 g/mol. The molecule has 0 saturated heterocycles. The van der Waals surface area contributed by atoms with Gasteiger partial charge in [0.05, 0.1) is 5.56 Å². The zero-order chi connectivity index (χ0) is 11.4. The molecule has 0 spiro atoms. The predicted molar refractivity (Wildman–Crippen MR) is 51.0 cm³/mol. The van der Waals surface area contributed by atoms with Crippen LogP contribution in [0.4, 0.5) is 4.39 Å². The van der Waals surface area contributed by atoms with Gasteiger partial charge in [0.15, 0.2) is 6.29 Å². The fourth-order valence-electron chi connectivity index (χ4n) is 1.10. The summed E-state index contributed by atoms with van der Waals surface area (Å²) in [5.41, 5.74) is 0.633. The van der Waals surface area contributed by atoms with Crippen LogP contribution in [0.1, 0.15) is 21.5 Å². The highest BCUT2D eigenvalue weighted by molar-refractivity contribution is 5.87. The molecule has 0 saturated carbocycles. The van der Waals surface area contributed by atoms with Crippen molar-refractivity contribution < 1.29 is 19.1 Å². The van der Waals surface area contributed by atoms with Crippen LogP contribution in [-0.4, -0.2) is 17.4 Å². The Hall–Kier alpha value is -2.15. The smallest absolute Gasteiger partial charge is 0.382 e. The lowest BCUT2D eigenvalue weighted by molar-refractivity contribution is -0.130. The summed E-state index contributed by atoms with van der Waals surface area (Å²) in [7, 11) is 0. The number of aryl methyl sites for hydroxylation is 1. The van der Waals surface area contributed by atoms with Gasteiger partial charge < -0.3 is 5.11 Å². The Balaban J connectivity index is 3.22. The van der Waals surface area contributed by atoms with E-state index in [-0.39, 0.29) is 11.1 Å². The first-order chi connectivity index (χ1) is 7.04. The Bertz CT molecular complexity index is 457. The average molecular weight is 206 g/mol. The third-order valence-corrected chi connectivity index (χ3v) is 1.77. The van der Waals surface area contributed by atoms with E-state index >= 15 is 0 Å². The maximum atomic E-state index is 13.2. The number of carbonyl (C=O) groups is 2. The van der Waals surface area contributed by atoms with Crippen molar-refractivity contribution in [3.8, 4) is 11.8 Å². The maximum absolute atomic E-state index is 13.2. The molecular weight excluding hydrogens is 199 g/mol. The number of aldehydes is 1. The molecule has 0 heterocycles. The van der Waals surface area contributed by atoms with E-state index < -0.39 is 11.8 Å². The van der Waals surface area contributed by atoms with E-state index in [2.05, 4.69) is 5.92 Å². The van der Waals surface area contributed by atoms with Crippen molar-refractivity contribution in [3.05, 3.63) is 34.6 Å². The van der Waals surface area contributed by atoms with Gasteiger partial charge in [-0.3, -0.25) is 4.79 Å². The number of hydrogen-bond donors (Lipinski definition) is 1. The fraction of sp³-hybridized carbons (Fsp3) is 0.0909. The summed E-state index contributed by atoms with van der Waals surface area (Å²) >= 11 is 0. The number of aliphatic carboxylic acids is 1. The number of halogens is 1. The SMILES string of the molecule is Cc1cc(C#CC(=O)O)cc(F)c1C=O. The molecule has 4 heteroatoms. The molecule has 0 amide bonds. The largest absolute Gasteiger partial charge is 0.472 e. The third kappa shape index (κ3) is 2.64. The molecule has 0 unspecified atom stereocenters. The Kier molecular flexibility index (Phi) is 3.19. The Morgan fingerprint density at radius 3 is 2.67 bits per heavy atom. The van der Waals surface area contributed by atoms with Crippen LogP contribution in [0.2, 0.25) is 0 Å². The molecule has 0 bridgehead atoms. The second-order valence-electron chi connectivity index (χ2n) is 2.86. The number of carbonyl (C=O) groups excluding carboxylic acids is 1. The molecule has 1 aromatic rings. The van der Waals surface area contributed by atoms with Crippen LogP contribution < -0.4 is 0 Å². The second-order valence-corrected chi connectivity index (χ2v) is 2.86. The number of hydrogen-bond acceptors (Lipinski definition) is 2. The Labute approximate surface area is 85.5 Å². The van der Waals surface area contributed by atoms with Gasteiger partial charge in [0.25, 0.3) is 0 Å². The molecule has 0 radical (unpaired) electrons. The molecule has 0 aliphatic carbocycles. The molecule has 1 N–H and O–H groups in total. The summed E-state index contributed by atoms with van der Waals surface area (Å²) in [6.07, 6.45) is 0.416. The van der Waals surface area contributed by atoms with Crippen LogP contribution in [0, 0.1) is 24.6 Å². The molecule has 0 aromatic heterocycles. The lowest BCUT2D eigenvalue weighted by atomic mass is 10.1. The highest BCUT2D eigenvalue weighted by Gasteiger charge is 2.05. The number of carboxylic acid groups (broad SMARTS) is 1. The van der Waals surface area contributed by atoms with Gasteiger partial charge in [-0.05, 0) is 24.6 Å². The van der Waals surface area contributed by atoms with Gasteiger partial charge in [-0.2, -0.15) is 0 Å². The molecule has 0 fully saturated rings. The normalized spacial score (nSPS) is 8.93. The van der Waals surface area contributed by atoms with Crippen LogP contribution in [-0.2, 0) is 4.79 Å². The van der Waals surface area contributed by atoms with Crippen LogP contribution in [0.25, 0.3) is 0 Å². The second kappa shape index (κ2) is 4.38. The van der Waals surface area contributed by atoms with Crippen LogP contribution >= 0.6 is 0 Å². The van der Waals surface area contributed by atoms with E-state index in [1.807, 2.05) is 5.92 Å². The zero-order valence-corrected chi connectivity index (χ0v) is 7.87. The topological polar surface area (TPSA) is 54.4 Å². The van der Waals surface area contributed by atoms with Crippen LogP contribution in [0.5, 0.6) is 0 Å². The van der Waals surface area contributed by atoms with E-state index in [0.717, 1.165) is 6.07 Å². The molecule has 15 heavy (non-hydrogen) atoms. The molecule has 0 atom stereocenters. The maximum Gasteiger partial charge on any atom is 0.382 e. The van der Waals surface area contributed by atoms with Crippen molar-refractivity contribution in [2.24, 2.45) is 0 Å².